The van der Waals surface area contributed by atoms with Crippen LogP contribution in [0.5, 0.6) is 0 Å². The average molecular weight is 274 g/mol. The highest BCUT2D eigenvalue weighted by atomic mass is 15.3. The molecular weight excluding hydrogens is 248 g/mol. The van der Waals surface area contributed by atoms with Crippen LogP contribution in [0.2, 0.25) is 0 Å². The van der Waals surface area contributed by atoms with Crippen molar-refractivity contribution >= 4 is 5.95 Å². The molecule has 0 spiro atoms. The number of anilines is 1. The van der Waals surface area contributed by atoms with Crippen molar-refractivity contribution in [2.75, 3.05) is 31.1 Å². The summed E-state index contributed by atoms with van der Waals surface area (Å²) in [7, 11) is 0. The van der Waals surface area contributed by atoms with E-state index in [4.69, 9.17) is 4.98 Å². The summed E-state index contributed by atoms with van der Waals surface area (Å²) in [4.78, 5) is 11.9. The van der Waals surface area contributed by atoms with Gasteiger partial charge in [-0.1, -0.05) is 27.7 Å². The second kappa shape index (κ2) is 4.69. The summed E-state index contributed by atoms with van der Waals surface area (Å²) in [6.07, 6.45) is 4.34. The molecule has 0 bridgehead atoms. The highest BCUT2D eigenvalue weighted by Gasteiger charge is 2.38. The van der Waals surface area contributed by atoms with Crippen LogP contribution in [-0.2, 0) is 11.8 Å². The van der Waals surface area contributed by atoms with E-state index in [0.717, 1.165) is 38.5 Å². The minimum absolute atomic E-state index is 0.180. The summed E-state index contributed by atoms with van der Waals surface area (Å²) in [5, 5.41) is 3.38. The number of rotatable bonds is 1. The van der Waals surface area contributed by atoms with E-state index < -0.39 is 0 Å². The molecule has 1 aliphatic carbocycles. The van der Waals surface area contributed by atoms with Crippen molar-refractivity contribution in [2.45, 2.75) is 46.0 Å². The third-order valence-electron chi connectivity index (χ3n) is 4.55. The Morgan fingerprint density at radius 2 is 1.85 bits per heavy atom. The lowest BCUT2D eigenvalue weighted by Crippen LogP contribution is -2.44. The van der Waals surface area contributed by atoms with Crippen molar-refractivity contribution in [3.63, 3.8) is 0 Å². The monoisotopic (exact) mass is 274 g/mol. The van der Waals surface area contributed by atoms with Crippen LogP contribution in [0.1, 0.15) is 45.4 Å². The Morgan fingerprint density at radius 3 is 2.55 bits per heavy atom. The quantitative estimate of drug-likeness (QED) is 0.852. The van der Waals surface area contributed by atoms with Gasteiger partial charge in [-0.25, -0.2) is 9.97 Å². The molecule has 0 aromatic carbocycles. The summed E-state index contributed by atoms with van der Waals surface area (Å²) in [6, 6.07) is 0. The molecule has 2 heterocycles. The largest absolute Gasteiger partial charge is 0.338 e. The summed E-state index contributed by atoms with van der Waals surface area (Å²) >= 11 is 0. The van der Waals surface area contributed by atoms with E-state index in [1.165, 1.54) is 17.7 Å². The van der Waals surface area contributed by atoms with E-state index >= 15 is 0 Å². The predicted octanol–water partition coefficient (Wildman–Crippen LogP) is 2.14. The molecule has 3 rings (SSSR count). The number of fused-ring (bicyclic) bond motifs is 1. The Balaban J connectivity index is 1.95. The topological polar surface area (TPSA) is 41.1 Å². The van der Waals surface area contributed by atoms with Crippen molar-refractivity contribution in [3.05, 3.63) is 17.5 Å². The van der Waals surface area contributed by atoms with Crippen LogP contribution in [-0.4, -0.2) is 36.1 Å². The molecule has 1 fully saturated rings. The maximum absolute atomic E-state index is 4.92. The maximum Gasteiger partial charge on any atom is 0.225 e. The van der Waals surface area contributed by atoms with Crippen LogP contribution in [0.3, 0.4) is 0 Å². The van der Waals surface area contributed by atoms with E-state index in [1.807, 2.05) is 0 Å². The van der Waals surface area contributed by atoms with Crippen molar-refractivity contribution in [1.82, 2.24) is 15.3 Å². The fourth-order valence-electron chi connectivity index (χ4n) is 3.93. The second-order valence-corrected chi connectivity index (χ2v) is 7.67. The Bertz CT molecular complexity index is 501. The van der Waals surface area contributed by atoms with Crippen molar-refractivity contribution in [1.29, 1.82) is 0 Å². The average Bonchev–Trinajstić information content (AvgIpc) is 2.36. The number of hydrogen-bond donors (Lipinski definition) is 1. The predicted molar refractivity (Wildman–Crippen MR) is 82.2 cm³/mol. The molecule has 0 radical (unpaired) electrons. The van der Waals surface area contributed by atoms with Gasteiger partial charge in [0.2, 0.25) is 5.95 Å². The smallest absolute Gasteiger partial charge is 0.225 e. The third kappa shape index (κ3) is 2.53. The van der Waals surface area contributed by atoms with Gasteiger partial charge in [0.05, 0.1) is 5.69 Å². The van der Waals surface area contributed by atoms with Crippen molar-refractivity contribution < 1.29 is 0 Å². The van der Waals surface area contributed by atoms with Gasteiger partial charge in [-0.2, -0.15) is 0 Å². The van der Waals surface area contributed by atoms with Crippen LogP contribution in [0.15, 0.2) is 6.20 Å². The van der Waals surface area contributed by atoms with Crippen LogP contribution in [0.25, 0.3) is 0 Å². The van der Waals surface area contributed by atoms with Gasteiger partial charge in [-0.15, -0.1) is 0 Å². The molecule has 110 valence electrons. The van der Waals surface area contributed by atoms with Gasteiger partial charge >= 0.3 is 0 Å². The number of hydrogen-bond acceptors (Lipinski definition) is 4. The minimum Gasteiger partial charge on any atom is -0.338 e. The van der Waals surface area contributed by atoms with Crippen LogP contribution < -0.4 is 10.2 Å². The third-order valence-corrected chi connectivity index (χ3v) is 4.55. The zero-order chi connectivity index (χ0) is 14.4. The zero-order valence-electron chi connectivity index (χ0n) is 13.2. The Morgan fingerprint density at radius 1 is 1.15 bits per heavy atom. The maximum atomic E-state index is 4.92. The van der Waals surface area contributed by atoms with Gasteiger partial charge in [0.1, 0.15) is 0 Å². The van der Waals surface area contributed by atoms with Crippen LogP contribution >= 0.6 is 0 Å². The fourth-order valence-corrected chi connectivity index (χ4v) is 3.93. The molecular formula is C16H26N4. The lowest BCUT2D eigenvalue weighted by Gasteiger charge is -2.41. The van der Waals surface area contributed by atoms with Gasteiger partial charge in [-0.05, 0) is 29.2 Å². The van der Waals surface area contributed by atoms with E-state index in [2.05, 4.69) is 49.1 Å². The lowest BCUT2D eigenvalue weighted by atomic mass is 9.64. The molecule has 1 saturated heterocycles. The van der Waals surface area contributed by atoms with Crippen LogP contribution in [0.4, 0.5) is 5.95 Å². The lowest BCUT2D eigenvalue weighted by molar-refractivity contribution is 0.227. The molecule has 0 unspecified atom stereocenters. The molecule has 0 amide bonds. The second-order valence-electron chi connectivity index (χ2n) is 7.67. The first-order valence-electron chi connectivity index (χ1n) is 7.70. The molecule has 0 atom stereocenters. The first-order chi connectivity index (χ1) is 9.37. The van der Waals surface area contributed by atoms with Gasteiger partial charge < -0.3 is 10.2 Å². The van der Waals surface area contributed by atoms with Gasteiger partial charge in [0.25, 0.3) is 0 Å². The Kier molecular flexibility index (Phi) is 3.24. The van der Waals surface area contributed by atoms with Gasteiger partial charge in [0, 0.05) is 32.4 Å². The number of piperazine rings is 1. The van der Waals surface area contributed by atoms with E-state index in [-0.39, 0.29) is 5.41 Å². The molecule has 1 aliphatic heterocycles. The molecule has 4 nitrogen and oxygen atoms in total. The van der Waals surface area contributed by atoms with E-state index in [1.54, 1.807) is 0 Å². The SMILES string of the molecule is CC1(C)Cc2nc(N3CCNCC3)ncc2C(C)(C)C1. The standard InChI is InChI=1S/C16H26N4/c1-15(2)9-13-12(16(3,4)11-15)10-18-14(19-13)20-7-5-17-6-8-20/h10,17H,5-9,11H2,1-4H3. The molecule has 4 heteroatoms. The zero-order valence-corrected chi connectivity index (χ0v) is 13.2. The minimum atomic E-state index is 0.180. The molecule has 20 heavy (non-hydrogen) atoms. The first-order valence-corrected chi connectivity index (χ1v) is 7.70. The highest BCUT2D eigenvalue weighted by Crippen LogP contribution is 2.44. The number of aromatic nitrogens is 2. The van der Waals surface area contributed by atoms with E-state index in [0.29, 0.717) is 5.41 Å². The number of nitrogens with zero attached hydrogens (tertiary/aromatic N) is 3. The summed E-state index contributed by atoms with van der Waals surface area (Å²) in [6.45, 7) is 13.4. The molecule has 2 aliphatic rings. The molecule has 1 aromatic heterocycles. The Labute approximate surface area is 122 Å². The molecule has 1 N–H and O–H groups in total. The molecule has 1 aromatic rings. The molecule has 0 saturated carbocycles. The Hall–Kier alpha value is -1.16. The summed E-state index contributed by atoms with van der Waals surface area (Å²) in [5.74, 6) is 0.916. The van der Waals surface area contributed by atoms with Gasteiger partial charge in [0.15, 0.2) is 0 Å². The number of nitrogens with one attached hydrogen (secondary N) is 1. The van der Waals surface area contributed by atoms with Gasteiger partial charge in [-0.3, -0.25) is 0 Å². The fraction of sp³-hybridized carbons (Fsp3) is 0.750. The van der Waals surface area contributed by atoms with Crippen LogP contribution in [0, 0.1) is 5.41 Å². The highest BCUT2D eigenvalue weighted by molar-refractivity contribution is 5.38. The van der Waals surface area contributed by atoms with Crippen molar-refractivity contribution in [3.8, 4) is 0 Å². The van der Waals surface area contributed by atoms with E-state index in [9.17, 15) is 0 Å². The van der Waals surface area contributed by atoms with Crippen molar-refractivity contribution in [2.24, 2.45) is 5.41 Å². The summed E-state index contributed by atoms with van der Waals surface area (Å²) < 4.78 is 0. The first kappa shape index (κ1) is 13.8. The summed E-state index contributed by atoms with van der Waals surface area (Å²) in [5.41, 5.74) is 3.11. The normalized spacial score (nSPS) is 24.3.